The van der Waals surface area contributed by atoms with Crippen molar-refractivity contribution in [2.24, 2.45) is 5.92 Å². The molecule has 5 nitrogen and oxygen atoms in total. The lowest BCUT2D eigenvalue weighted by atomic mass is 9.98. The zero-order chi connectivity index (χ0) is 14.8. The van der Waals surface area contributed by atoms with Crippen molar-refractivity contribution in [2.45, 2.75) is 39.7 Å². The molecule has 1 aliphatic heterocycles. The number of pyridine rings is 1. The van der Waals surface area contributed by atoms with Crippen molar-refractivity contribution in [1.29, 1.82) is 0 Å². The summed E-state index contributed by atoms with van der Waals surface area (Å²) < 4.78 is 1.94. The third kappa shape index (κ3) is 3.18. The van der Waals surface area contributed by atoms with Gasteiger partial charge < -0.3 is 10.2 Å². The summed E-state index contributed by atoms with van der Waals surface area (Å²) in [5, 5.41) is 8.23. The van der Waals surface area contributed by atoms with Crippen LogP contribution >= 0.6 is 0 Å². The van der Waals surface area contributed by atoms with Crippen LogP contribution in [0.1, 0.15) is 32.4 Å². The van der Waals surface area contributed by atoms with E-state index in [0.29, 0.717) is 12.0 Å². The lowest BCUT2D eigenvalue weighted by Gasteiger charge is -2.32. The van der Waals surface area contributed by atoms with Gasteiger partial charge in [-0.3, -0.25) is 0 Å². The highest BCUT2D eigenvalue weighted by molar-refractivity contribution is 5.45. The van der Waals surface area contributed by atoms with E-state index in [1.807, 2.05) is 16.6 Å². The number of hydrogen-bond donors (Lipinski definition) is 1. The zero-order valence-electron chi connectivity index (χ0n) is 13.2. The molecule has 1 unspecified atom stereocenters. The molecule has 1 fully saturated rings. The predicted molar refractivity (Wildman–Crippen MR) is 85.8 cm³/mol. The fraction of sp³-hybridized carbons (Fsp3) is 0.625. The Kier molecular flexibility index (Phi) is 4.10. The Morgan fingerprint density at radius 2 is 2.24 bits per heavy atom. The highest BCUT2D eigenvalue weighted by atomic mass is 15.4. The summed E-state index contributed by atoms with van der Waals surface area (Å²) in [4.78, 5) is 7.02. The van der Waals surface area contributed by atoms with Crippen LogP contribution in [0.2, 0.25) is 0 Å². The van der Waals surface area contributed by atoms with Gasteiger partial charge in [0.25, 0.3) is 0 Å². The first-order chi connectivity index (χ1) is 10.1. The first-order valence-electron chi connectivity index (χ1n) is 7.94. The van der Waals surface area contributed by atoms with Crippen LogP contribution in [0.15, 0.2) is 18.2 Å². The maximum atomic E-state index is 4.68. The fourth-order valence-corrected chi connectivity index (χ4v) is 2.97. The topological polar surface area (TPSA) is 45.5 Å². The van der Waals surface area contributed by atoms with Gasteiger partial charge in [0.2, 0.25) is 5.95 Å². The Labute approximate surface area is 126 Å². The van der Waals surface area contributed by atoms with E-state index >= 15 is 0 Å². The zero-order valence-corrected chi connectivity index (χ0v) is 13.2. The number of nitrogens with zero attached hydrogens (tertiary/aromatic N) is 4. The van der Waals surface area contributed by atoms with Gasteiger partial charge in [-0.1, -0.05) is 19.9 Å². The van der Waals surface area contributed by atoms with Crippen LogP contribution in [0, 0.1) is 12.8 Å². The van der Waals surface area contributed by atoms with E-state index in [2.05, 4.69) is 47.1 Å². The SMILES string of the molecule is Cc1cccc2nc(N3CCCC(CNC(C)C)C3)nn12. The summed E-state index contributed by atoms with van der Waals surface area (Å²) in [5.74, 6) is 1.56. The minimum atomic E-state index is 0.552. The second-order valence-corrected chi connectivity index (χ2v) is 6.37. The Morgan fingerprint density at radius 3 is 3.00 bits per heavy atom. The Morgan fingerprint density at radius 1 is 1.38 bits per heavy atom. The monoisotopic (exact) mass is 287 g/mol. The summed E-state index contributed by atoms with van der Waals surface area (Å²) >= 11 is 0. The molecule has 1 atom stereocenters. The molecule has 5 heteroatoms. The van der Waals surface area contributed by atoms with Crippen LogP contribution in [0.4, 0.5) is 5.95 Å². The summed E-state index contributed by atoms with van der Waals surface area (Å²) in [7, 11) is 0. The maximum Gasteiger partial charge on any atom is 0.245 e. The molecular weight excluding hydrogens is 262 g/mol. The quantitative estimate of drug-likeness (QED) is 0.937. The minimum Gasteiger partial charge on any atom is -0.339 e. The van der Waals surface area contributed by atoms with E-state index in [1.165, 1.54) is 12.8 Å². The lowest BCUT2D eigenvalue weighted by molar-refractivity contribution is 0.377. The molecule has 1 aliphatic rings. The van der Waals surface area contributed by atoms with E-state index in [1.54, 1.807) is 0 Å². The van der Waals surface area contributed by atoms with Crippen LogP contribution in [-0.4, -0.2) is 40.3 Å². The van der Waals surface area contributed by atoms with Crippen LogP contribution in [0.25, 0.3) is 5.65 Å². The van der Waals surface area contributed by atoms with Gasteiger partial charge in [-0.2, -0.15) is 4.98 Å². The fourth-order valence-electron chi connectivity index (χ4n) is 2.97. The van der Waals surface area contributed by atoms with E-state index in [4.69, 9.17) is 0 Å². The second kappa shape index (κ2) is 6.02. The molecule has 1 N–H and O–H groups in total. The van der Waals surface area contributed by atoms with Crippen LogP contribution in [0.5, 0.6) is 0 Å². The molecule has 2 aromatic rings. The number of hydrogen-bond acceptors (Lipinski definition) is 4. The van der Waals surface area contributed by atoms with Gasteiger partial charge in [-0.05, 0) is 44.4 Å². The molecule has 3 heterocycles. The van der Waals surface area contributed by atoms with E-state index in [0.717, 1.165) is 36.9 Å². The molecular formula is C16H25N5. The summed E-state index contributed by atoms with van der Waals surface area (Å²) in [5.41, 5.74) is 2.06. The molecule has 0 amide bonds. The molecule has 21 heavy (non-hydrogen) atoms. The summed E-state index contributed by atoms with van der Waals surface area (Å²) in [6.07, 6.45) is 2.52. The van der Waals surface area contributed by atoms with Crippen molar-refractivity contribution < 1.29 is 0 Å². The van der Waals surface area contributed by atoms with Crippen LogP contribution in [-0.2, 0) is 0 Å². The summed E-state index contributed by atoms with van der Waals surface area (Å²) in [6, 6.07) is 6.67. The van der Waals surface area contributed by atoms with Gasteiger partial charge in [-0.15, -0.1) is 5.10 Å². The molecule has 0 spiro atoms. The number of fused-ring (bicyclic) bond motifs is 1. The molecule has 0 saturated carbocycles. The van der Waals surface area contributed by atoms with Crippen LogP contribution in [0.3, 0.4) is 0 Å². The molecule has 114 valence electrons. The molecule has 0 radical (unpaired) electrons. The second-order valence-electron chi connectivity index (χ2n) is 6.37. The Balaban J connectivity index is 1.74. The van der Waals surface area contributed by atoms with Crippen LogP contribution < -0.4 is 10.2 Å². The number of rotatable bonds is 4. The van der Waals surface area contributed by atoms with Crippen molar-refractivity contribution in [2.75, 3.05) is 24.5 Å². The van der Waals surface area contributed by atoms with Crippen molar-refractivity contribution in [1.82, 2.24) is 19.9 Å². The minimum absolute atomic E-state index is 0.552. The molecule has 2 aromatic heterocycles. The first kappa shape index (κ1) is 14.3. The highest BCUT2D eigenvalue weighted by Gasteiger charge is 2.23. The molecule has 0 aliphatic carbocycles. The Hall–Kier alpha value is -1.62. The largest absolute Gasteiger partial charge is 0.339 e. The number of anilines is 1. The normalized spacial score (nSPS) is 19.6. The number of piperidine rings is 1. The lowest BCUT2D eigenvalue weighted by Crippen LogP contribution is -2.41. The number of aryl methyl sites for hydroxylation is 1. The number of nitrogens with one attached hydrogen (secondary N) is 1. The average molecular weight is 287 g/mol. The average Bonchev–Trinajstić information content (AvgIpc) is 2.91. The molecule has 3 rings (SSSR count). The maximum absolute atomic E-state index is 4.68. The standard InChI is InChI=1S/C16H25N5/c1-12(2)17-10-14-7-5-9-20(11-14)16-18-15-8-4-6-13(3)21(15)19-16/h4,6,8,12,14,17H,5,7,9-11H2,1-3H3. The first-order valence-corrected chi connectivity index (χ1v) is 7.94. The van der Waals surface area contributed by atoms with Crippen molar-refractivity contribution >= 4 is 11.6 Å². The third-order valence-electron chi connectivity index (χ3n) is 4.15. The van der Waals surface area contributed by atoms with E-state index in [-0.39, 0.29) is 0 Å². The van der Waals surface area contributed by atoms with Gasteiger partial charge in [0, 0.05) is 24.8 Å². The third-order valence-corrected chi connectivity index (χ3v) is 4.15. The van der Waals surface area contributed by atoms with Crippen molar-refractivity contribution in [3.63, 3.8) is 0 Å². The van der Waals surface area contributed by atoms with Gasteiger partial charge >= 0.3 is 0 Å². The molecule has 1 saturated heterocycles. The summed E-state index contributed by atoms with van der Waals surface area (Å²) in [6.45, 7) is 9.67. The van der Waals surface area contributed by atoms with E-state index < -0.39 is 0 Å². The predicted octanol–water partition coefficient (Wildman–Crippen LogP) is 2.25. The highest BCUT2D eigenvalue weighted by Crippen LogP contribution is 2.21. The van der Waals surface area contributed by atoms with Crippen molar-refractivity contribution in [3.05, 3.63) is 23.9 Å². The Bertz CT molecular complexity index is 604. The van der Waals surface area contributed by atoms with Gasteiger partial charge in [0.15, 0.2) is 5.65 Å². The number of aromatic nitrogens is 3. The smallest absolute Gasteiger partial charge is 0.245 e. The molecule has 0 bridgehead atoms. The van der Waals surface area contributed by atoms with Crippen molar-refractivity contribution in [3.8, 4) is 0 Å². The van der Waals surface area contributed by atoms with Gasteiger partial charge in [0.1, 0.15) is 0 Å². The molecule has 0 aromatic carbocycles. The van der Waals surface area contributed by atoms with E-state index in [9.17, 15) is 0 Å². The van der Waals surface area contributed by atoms with Gasteiger partial charge in [0.05, 0.1) is 0 Å². The van der Waals surface area contributed by atoms with Gasteiger partial charge in [-0.25, -0.2) is 4.52 Å².